The first-order chi connectivity index (χ1) is 20.2. The summed E-state index contributed by atoms with van der Waals surface area (Å²) in [7, 11) is -3.76. The fraction of sp³-hybridized carbons (Fsp3) is 0.219. The molecule has 0 bridgehead atoms. The van der Waals surface area contributed by atoms with E-state index in [9.17, 15) is 18.0 Å². The van der Waals surface area contributed by atoms with E-state index in [1.807, 2.05) is 54.6 Å². The van der Waals surface area contributed by atoms with Crippen LogP contribution in [0.15, 0.2) is 109 Å². The summed E-state index contributed by atoms with van der Waals surface area (Å²) in [6, 6.07) is 28.2. The zero-order valence-electron chi connectivity index (χ0n) is 23.3. The minimum Gasteiger partial charge on any atom is -0.350 e. The van der Waals surface area contributed by atoms with Gasteiger partial charge in [0.15, 0.2) is 0 Å². The molecule has 42 heavy (non-hydrogen) atoms. The van der Waals surface area contributed by atoms with Gasteiger partial charge in [0.1, 0.15) is 6.04 Å². The number of carbonyl (C=O) groups excluding carboxylic acids is 2. The molecule has 0 spiro atoms. The molecule has 0 saturated heterocycles. The van der Waals surface area contributed by atoms with E-state index >= 15 is 0 Å². The van der Waals surface area contributed by atoms with Crippen LogP contribution in [0.3, 0.4) is 0 Å². The molecular formula is C32H33ClN4O4S. The van der Waals surface area contributed by atoms with Crippen molar-refractivity contribution in [2.45, 2.75) is 32.1 Å². The van der Waals surface area contributed by atoms with Crippen LogP contribution in [0.2, 0.25) is 5.02 Å². The zero-order chi connectivity index (χ0) is 30.0. The normalized spacial score (nSPS) is 12.1. The Bertz CT molecular complexity index is 1550. The van der Waals surface area contributed by atoms with E-state index in [0.29, 0.717) is 5.02 Å². The lowest BCUT2D eigenvalue weighted by molar-refractivity contribution is -0.141. The SMILES string of the molecule is CS(=O)(=O)N(CC(=O)N(Cc1ccc(Cl)cc1)C(Cc1ccccc1)C(=O)NCc1cccnc1)Cc1ccccc1. The maximum Gasteiger partial charge on any atom is 0.243 e. The van der Waals surface area contributed by atoms with Crippen LogP contribution in [0.4, 0.5) is 0 Å². The summed E-state index contributed by atoms with van der Waals surface area (Å²) in [6.07, 6.45) is 4.63. The van der Waals surface area contributed by atoms with Gasteiger partial charge in [-0.25, -0.2) is 8.42 Å². The highest BCUT2D eigenvalue weighted by Crippen LogP contribution is 2.18. The number of hydrogen-bond acceptors (Lipinski definition) is 5. The maximum atomic E-state index is 14.1. The summed E-state index contributed by atoms with van der Waals surface area (Å²) in [5.74, 6) is -0.859. The van der Waals surface area contributed by atoms with Crippen LogP contribution in [0.1, 0.15) is 22.3 Å². The minimum absolute atomic E-state index is 0.0246. The monoisotopic (exact) mass is 604 g/mol. The second-order valence-electron chi connectivity index (χ2n) is 9.95. The summed E-state index contributed by atoms with van der Waals surface area (Å²) >= 11 is 6.10. The summed E-state index contributed by atoms with van der Waals surface area (Å²) < 4.78 is 26.7. The fourth-order valence-corrected chi connectivity index (χ4v) is 5.32. The molecule has 1 N–H and O–H groups in total. The third-order valence-electron chi connectivity index (χ3n) is 6.71. The predicted octanol–water partition coefficient (Wildman–Crippen LogP) is 4.45. The van der Waals surface area contributed by atoms with Gasteiger partial charge in [0.25, 0.3) is 0 Å². The Hall–Kier alpha value is -4.05. The van der Waals surface area contributed by atoms with Gasteiger partial charge in [0.2, 0.25) is 21.8 Å². The van der Waals surface area contributed by atoms with Crippen molar-refractivity contribution in [1.29, 1.82) is 0 Å². The van der Waals surface area contributed by atoms with Crippen molar-refractivity contribution in [3.05, 3.63) is 137 Å². The van der Waals surface area contributed by atoms with Gasteiger partial charge in [-0.1, -0.05) is 90.5 Å². The Morgan fingerprint density at radius 3 is 2.00 bits per heavy atom. The molecule has 0 aliphatic heterocycles. The summed E-state index contributed by atoms with van der Waals surface area (Å²) in [4.78, 5) is 33.4. The molecule has 218 valence electrons. The molecule has 0 fully saturated rings. The molecule has 0 radical (unpaired) electrons. The molecule has 3 aromatic carbocycles. The van der Waals surface area contributed by atoms with Crippen LogP contribution in [-0.4, -0.2) is 53.3 Å². The standard InChI is InChI=1S/C32H33ClN4O4S/c1-42(40,41)36(22-26-11-6-3-7-12-26)24-31(38)37(23-27-14-16-29(33)17-15-27)30(19-25-9-4-2-5-10-25)32(39)35-21-28-13-8-18-34-20-28/h2-18,20,30H,19,21-24H2,1H3,(H,35,39). The first-order valence-corrected chi connectivity index (χ1v) is 15.6. The highest BCUT2D eigenvalue weighted by molar-refractivity contribution is 7.88. The number of carbonyl (C=O) groups is 2. The molecule has 1 aromatic heterocycles. The third kappa shape index (κ3) is 9.24. The lowest BCUT2D eigenvalue weighted by Gasteiger charge is -2.33. The van der Waals surface area contributed by atoms with Crippen molar-refractivity contribution >= 4 is 33.4 Å². The smallest absolute Gasteiger partial charge is 0.243 e. The topological polar surface area (TPSA) is 99.7 Å². The van der Waals surface area contributed by atoms with Gasteiger partial charge in [-0.2, -0.15) is 4.31 Å². The van der Waals surface area contributed by atoms with Crippen LogP contribution in [0, 0.1) is 0 Å². The lowest BCUT2D eigenvalue weighted by Crippen LogP contribution is -2.53. The number of hydrogen-bond donors (Lipinski definition) is 1. The van der Waals surface area contributed by atoms with Crippen LogP contribution in [0.25, 0.3) is 0 Å². The average Bonchev–Trinajstić information content (AvgIpc) is 2.99. The molecule has 4 rings (SSSR count). The van der Waals surface area contributed by atoms with Crippen LogP contribution in [-0.2, 0) is 45.7 Å². The van der Waals surface area contributed by atoms with Gasteiger partial charge in [-0.15, -0.1) is 0 Å². The lowest BCUT2D eigenvalue weighted by atomic mass is 10.0. The molecule has 1 heterocycles. The molecule has 1 unspecified atom stereocenters. The van der Waals surface area contributed by atoms with Crippen molar-refractivity contribution in [3.63, 3.8) is 0 Å². The number of nitrogens with zero attached hydrogens (tertiary/aromatic N) is 3. The van der Waals surface area contributed by atoms with Crippen LogP contribution in [0.5, 0.6) is 0 Å². The molecular weight excluding hydrogens is 572 g/mol. The molecule has 2 amide bonds. The van der Waals surface area contributed by atoms with Crippen molar-refractivity contribution in [3.8, 4) is 0 Å². The minimum atomic E-state index is -3.76. The number of aromatic nitrogens is 1. The van der Waals surface area contributed by atoms with Crippen LogP contribution >= 0.6 is 11.6 Å². The molecule has 8 nitrogen and oxygen atoms in total. The highest BCUT2D eigenvalue weighted by atomic mass is 35.5. The van der Waals surface area contributed by atoms with Gasteiger partial charge in [0, 0.05) is 43.5 Å². The van der Waals surface area contributed by atoms with Gasteiger partial charge >= 0.3 is 0 Å². The second kappa shape index (κ2) is 14.7. The van der Waals surface area contributed by atoms with Crippen LogP contribution < -0.4 is 5.32 Å². The summed E-state index contributed by atoms with van der Waals surface area (Å²) in [6.45, 7) is -0.0968. The van der Waals surface area contributed by atoms with E-state index in [2.05, 4.69) is 10.3 Å². The summed E-state index contributed by atoms with van der Waals surface area (Å²) in [5, 5.41) is 3.49. The quantitative estimate of drug-likeness (QED) is 0.243. The number of halogens is 1. The van der Waals surface area contributed by atoms with Gasteiger partial charge < -0.3 is 10.2 Å². The van der Waals surface area contributed by atoms with Crippen molar-refractivity contribution in [2.24, 2.45) is 0 Å². The molecule has 0 aliphatic carbocycles. The molecule has 0 saturated carbocycles. The van der Waals surface area contributed by atoms with E-state index < -0.39 is 28.5 Å². The maximum absolute atomic E-state index is 14.1. The van der Waals surface area contributed by atoms with Gasteiger partial charge in [-0.05, 0) is 40.5 Å². The number of amides is 2. The summed E-state index contributed by atoms with van der Waals surface area (Å²) in [5.41, 5.74) is 3.16. The number of pyridine rings is 1. The molecule has 4 aromatic rings. The molecule has 1 atom stereocenters. The Morgan fingerprint density at radius 2 is 1.40 bits per heavy atom. The Balaban J connectivity index is 1.67. The number of nitrogens with one attached hydrogen (secondary N) is 1. The Morgan fingerprint density at radius 1 is 0.810 bits per heavy atom. The van der Waals surface area contributed by atoms with E-state index in [1.54, 1.807) is 54.9 Å². The number of sulfonamides is 1. The number of benzene rings is 3. The van der Waals surface area contributed by atoms with E-state index in [-0.39, 0.29) is 32.0 Å². The van der Waals surface area contributed by atoms with Crippen molar-refractivity contribution in [1.82, 2.24) is 19.5 Å². The highest BCUT2D eigenvalue weighted by Gasteiger charge is 2.32. The zero-order valence-corrected chi connectivity index (χ0v) is 24.8. The van der Waals surface area contributed by atoms with Crippen molar-refractivity contribution in [2.75, 3.05) is 12.8 Å². The third-order valence-corrected chi connectivity index (χ3v) is 8.16. The van der Waals surface area contributed by atoms with E-state index in [0.717, 1.165) is 32.8 Å². The first-order valence-electron chi connectivity index (χ1n) is 13.4. The average molecular weight is 605 g/mol. The van der Waals surface area contributed by atoms with E-state index in [1.165, 1.54) is 4.90 Å². The predicted molar refractivity (Wildman–Crippen MR) is 164 cm³/mol. The number of rotatable bonds is 13. The van der Waals surface area contributed by atoms with Gasteiger partial charge in [-0.3, -0.25) is 14.6 Å². The first kappa shape index (κ1) is 30.9. The molecule has 0 aliphatic rings. The van der Waals surface area contributed by atoms with Gasteiger partial charge in [0.05, 0.1) is 12.8 Å². The largest absolute Gasteiger partial charge is 0.350 e. The van der Waals surface area contributed by atoms with Crippen molar-refractivity contribution < 1.29 is 18.0 Å². The fourth-order valence-electron chi connectivity index (χ4n) is 4.47. The Labute approximate surface area is 252 Å². The Kier molecular flexibility index (Phi) is 10.8. The van der Waals surface area contributed by atoms with E-state index in [4.69, 9.17) is 11.6 Å². The molecule has 10 heteroatoms. The second-order valence-corrected chi connectivity index (χ2v) is 12.4.